The molecule has 6 heteroatoms. The molecule has 1 saturated carbocycles. The van der Waals surface area contributed by atoms with E-state index in [0.29, 0.717) is 11.8 Å². The van der Waals surface area contributed by atoms with Gasteiger partial charge in [0.1, 0.15) is 0 Å². The third-order valence-corrected chi connectivity index (χ3v) is 4.34. The maximum absolute atomic E-state index is 13.5. The molecule has 0 aromatic heterocycles. The monoisotopic (exact) mass is 294 g/mol. The lowest BCUT2D eigenvalue weighted by Crippen LogP contribution is -2.39. The fourth-order valence-electron chi connectivity index (χ4n) is 2.74. The van der Waals surface area contributed by atoms with E-state index in [4.69, 9.17) is 0 Å². The second-order valence-electron chi connectivity index (χ2n) is 5.86. The van der Waals surface area contributed by atoms with Crippen molar-refractivity contribution in [2.24, 2.45) is 11.8 Å². The molecular weight excluding hydrogens is 275 g/mol. The number of nitro benzene ring substituents is 1. The molecule has 114 valence electrons. The molecule has 1 aromatic rings. The molecule has 0 spiro atoms. The number of hydrogen-bond acceptors (Lipinski definition) is 3. The van der Waals surface area contributed by atoms with Gasteiger partial charge in [0, 0.05) is 17.7 Å². The molecule has 5 nitrogen and oxygen atoms in total. The maximum atomic E-state index is 13.5. The van der Waals surface area contributed by atoms with E-state index in [1.54, 1.807) is 0 Å². The molecule has 0 saturated heterocycles. The van der Waals surface area contributed by atoms with E-state index in [9.17, 15) is 19.3 Å². The predicted molar refractivity (Wildman–Crippen MR) is 76.5 cm³/mol. The Balaban J connectivity index is 2.04. The molecule has 0 heterocycles. The van der Waals surface area contributed by atoms with Crippen molar-refractivity contribution >= 4 is 11.6 Å². The zero-order chi connectivity index (χ0) is 15.6. The fraction of sp³-hybridized carbons (Fsp3) is 0.533. The van der Waals surface area contributed by atoms with Gasteiger partial charge in [0.05, 0.1) is 4.92 Å². The summed E-state index contributed by atoms with van der Waals surface area (Å²) >= 11 is 0. The maximum Gasteiger partial charge on any atom is 0.304 e. The number of halogens is 1. The lowest BCUT2D eigenvalue weighted by Gasteiger charge is -2.32. The Bertz CT molecular complexity index is 562. The van der Waals surface area contributed by atoms with E-state index >= 15 is 0 Å². The lowest BCUT2D eigenvalue weighted by molar-refractivity contribution is -0.387. The minimum atomic E-state index is -0.988. The van der Waals surface area contributed by atoms with Crippen molar-refractivity contribution in [3.8, 4) is 0 Å². The summed E-state index contributed by atoms with van der Waals surface area (Å²) in [5.74, 6) is -0.179. The molecular formula is C15H19FN2O3. The summed E-state index contributed by atoms with van der Waals surface area (Å²) in [5, 5.41) is 13.4. The molecule has 1 aliphatic carbocycles. The number of carbonyl (C=O) groups is 1. The van der Waals surface area contributed by atoms with Crippen LogP contribution in [0.4, 0.5) is 10.1 Å². The van der Waals surface area contributed by atoms with Gasteiger partial charge in [-0.3, -0.25) is 14.9 Å². The number of nitrogens with zero attached hydrogens (tertiary/aromatic N) is 1. The summed E-state index contributed by atoms with van der Waals surface area (Å²) in [5.41, 5.74) is -0.504. The van der Waals surface area contributed by atoms with Gasteiger partial charge in [-0.1, -0.05) is 13.8 Å². The van der Waals surface area contributed by atoms with Crippen LogP contribution in [0.3, 0.4) is 0 Å². The highest BCUT2D eigenvalue weighted by atomic mass is 19.1. The number of nitrogens with one attached hydrogen (secondary N) is 1. The highest BCUT2D eigenvalue weighted by Gasteiger charge is 2.26. The molecule has 3 unspecified atom stereocenters. The quantitative estimate of drug-likeness (QED) is 0.686. The van der Waals surface area contributed by atoms with E-state index in [1.807, 2.05) is 0 Å². The molecule has 2 rings (SSSR count). The van der Waals surface area contributed by atoms with Crippen molar-refractivity contribution in [2.75, 3.05) is 0 Å². The highest BCUT2D eigenvalue weighted by molar-refractivity contribution is 5.94. The standard InChI is InChI=1S/C15H19FN2O3/c1-9-3-5-12(7-10(9)2)17-15(19)11-4-6-14(18(20)21)13(16)8-11/h4,6,8-10,12H,3,5,7H2,1-2H3,(H,17,19). The Hall–Kier alpha value is -1.98. The van der Waals surface area contributed by atoms with Crippen molar-refractivity contribution in [1.29, 1.82) is 0 Å². The first-order valence-electron chi connectivity index (χ1n) is 7.13. The summed E-state index contributed by atoms with van der Waals surface area (Å²) in [4.78, 5) is 21.8. The van der Waals surface area contributed by atoms with Crippen LogP contribution in [0.25, 0.3) is 0 Å². The lowest BCUT2D eigenvalue weighted by atomic mass is 9.79. The molecule has 1 N–H and O–H groups in total. The molecule has 0 aliphatic heterocycles. The molecule has 0 bridgehead atoms. The van der Waals surface area contributed by atoms with Crippen LogP contribution in [0.15, 0.2) is 18.2 Å². The normalized spacial score (nSPS) is 25.4. The van der Waals surface area contributed by atoms with Gasteiger partial charge >= 0.3 is 5.69 Å². The first-order chi connectivity index (χ1) is 9.88. The van der Waals surface area contributed by atoms with E-state index < -0.39 is 16.4 Å². The summed E-state index contributed by atoms with van der Waals surface area (Å²) < 4.78 is 13.5. The van der Waals surface area contributed by atoms with Gasteiger partial charge in [-0.25, -0.2) is 0 Å². The average molecular weight is 294 g/mol. The van der Waals surface area contributed by atoms with Crippen LogP contribution >= 0.6 is 0 Å². The molecule has 1 amide bonds. The van der Waals surface area contributed by atoms with Crippen LogP contribution in [0, 0.1) is 27.8 Å². The molecule has 1 aromatic carbocycles. The smallest absolute Gasteiger partial charge is 0.304 e. The van der Waals surface area contributed by atoms with Crippen molar-refractivity contribution in [3.05, 3.63) is 39.7 Å². The first kappa shape index (κ1) is 15.4. The predicted octanol–water partition coefficient (Wildman–Crippen LogP) is 3.29. The van der Waals surface area contributed by atoms with E-state index in [1.165, 1.54) is 6.07 Å². The fourth-order valence-corrected chi connectivity index (χ4v) is 2.74. The van der Waals surface area contributed by atoms with Gasteiger partial charge in [0.15, 0.2) is 0 Å². The van der Waals surface area contributed by atoms with E-state index in [2.05, 4.69) is 19.2 Å². The van der Waals surface area contributed by atoms with Gasteiger partial charge in [-0.15, -0.1) is 0 Å². The van der Waals surface area contributed by atoms with Gasteiger partial charge in [-0.05, 0) is 43.2 Å². The van der Waals surface area contributed by atoms with Crippen LogP contribution in [0.5, 0.6) is 0 Å². The van der Waals surface area contributed by atoms with Crippen molar-refractivity contribution in [1.82, 2.24) is 5.32 Å². The van der Waals surface area contributed by atoms with Crippen LogP contribution in [-0.4, -0.2) is 16.9 Å². The Morgan fingerprint density at radius 3 is 2.62 bits per heavy atom. The second-order valence-corrected chi connectivity index (χ2v) is 5.86. The molecule has 1 aliphatic rings. The van der Waals surface area contributed by atoms with E-state index in [-0.39, 0.29) is 17.5 Å². The summed E-state index contributed by atoms with van der Waals surface area (Å²) in [6, 6.07) is 3.31. The number of rotatable bonds is 3. The number of hydrogen-bond donors (Lipinski definition) is 1. The summed E-state index contributed by atoms with van der Waals surface area (Å²) in [7, 11) is 0. The SMILES string of the molecule is CC1CCC(NC(=O)c2ccc([N+](=O)[O-])c(F)c2)CC1C. The van der Waals surface area contributed by atoms with Crippen molar-refractivity contribution in [2.45, 2.75) is 39.2 Å². The summed E-state index contributed by atoms with van der Waals surface area (Å²) in [6.45, 7) is 4.36. The average Bonchev–Trinajstić information content (AvgIpc) is 2.42. The molecule has 1 fully saturated rings. The van der Waals surface area contributed by atoms with Gasteiger partial charge in [-0.2, -0.15) is 4.39 Å². The van der Waals surface area contributed by atoms with Crippen LogP contribution in [0.1, 0.15) is 43.5 Å². The summed E-state index contributed by atoms with van der Waals surface area (Å²) in [6.07, 6.45) is 2.87. The topological polar surface area (TPSA) is 72.2 Å². The van der Waals surface area contributed by atoms with Gasteiger partial charge < -0.3 is 5.32 Å². The zero-order valence-electron chi connectivity index (χ0n) is 12.1. The van der Waals surface area contributed by atoms with Crippen LogP contribution in [-0.2, 0) is 0 Å². The Kier molecular flexibility index (Phi) is 4.55. The number of carbonyl (C=O) groups excluding carboxylic acids is 1. The zero-order valence-corrected chi connectivity index (χ0v) is 12.1. The van der Waals surface area contributed by atoms with Crippen molar-refractivity contribution in [3.63, 3.8) is 0 Å². The Labute approximate surface area is 122 Å². The van der Waals surface area contributed by atoms with Crippen LogP contribution < -0.4 is 5.32 Å². The minimum absolute atomic E-state index is 0.0851. The molecule has 0 radical (unpaired) electrons. The number of benzene rings is 1. The molecule has 3 atom stereocenters. The largest absolute Gasteiger partial charge is 0.349 e. The van der Waals surface area contributed by atoms with Crippen LogP contribution in [0.2, 0.25) is 0 Å². The van der Waals surface area contributed by atoms with Gasteiger partial charge in [0.25, 0.3) is 5.91 Å². The Morgan fingerprint density at radius 2 is 2.05 bits per heavy atom. The number of amides is 1. The van der Waals surface area contributed by atoms with E-state index in [0.717, 1.165) is 31.4 Å². The first-order valence-corrected chi connectivity index (χ1v) is 7.13. The van der Waals surface area contributed by atoms with Crippen molar-refractivity contribution < 1.29 is 14.1 Å². The second kappa shape index (κ2) is 6.20. The molecule has 21 heavy (non-hydrogen) atoms. The number of nitro groups is 1. The van der Waals surface area contributed by atoms with Gasteiger partial charge in [0.2, 0.25) is 5.82 Å². The minimum Gasteiger partial charge on any atom is -0.349 e. The highest BCUT2D eigenvalue weighted by Crippen LogP contribution is 2.29. The third kappa shape index (κ3) is 3.56. The Morgan fingerprint density at radius 1 is 1.33 bits per heavy atom. The third-order valence-electron chi connectivity index (χ3n) is 4.34.